The van der Waals surface area contributed by atoms with E-state index in [2.05, 4.69) is 5.92 Å². The van der Waals surface area contributed by atoms with Crippen molar-refractivity contribution in [2.45, 2.75) is 20.3 Å². The van der Waals surface area contributed by atoms with Gasteiger partial charge in [-0.3, -0.25) is 0 Å². The maximum atomic E-state index is 11.5. The Labute approximate surface area is 93.9 Å². The normalized spacial score (nSPS) is 10.3. The van der Waals surface area contributed by atoms with Crippen LogP contribution in [0.15, 0.2) is 27.4 Å². The van der Waals surface area contributed by atoms with Crippen LogP contribution in [0.1, 0.15) is 16.7 Å². The van der Waals surface area contributed by atoms with Crippen molar-refractivity contribution in [2.75, 3.05) is 0 Å². The first kappa shape index (κ1) is 10.5. The molecular formula is C14H12O2. The number of hydrogen-bond acceptors (Lipinski definition) is 2. The first-order chi connectivity index (χ1) is 7.63. The van der Waals surface area contributed by atoms with Gasteiger partial charge in [-0.25, -0.2) is 4.79 Å². The lowest BCUT2D eigenvalue weighted by Gasteiger charge is -2.04. The molecule has 16 heavy (non-hydrogen) atoms. The lowest BCUT2D eigenvalue weighted by Crippen LogP contribution is -2.05. The SMILES string of the molecule is C#CCc1ccc2c(C)c(C)c(=O)oc2c1. The Hall–Kier alpha value is -2.01. The second-order valence-corrected chi connectivity index (χ2v) is 3.85. The highest BCUT2D eigenvalue weighted by Gasteiger charge is 2.07. The van der Waals surface area contributed by atoms with Crippen LogP contribution in [0.25, 0.3) is 11.0 Å². The van der Waals surface area contributed by atoms with E-state index < -0.39 is 0 Å². The largest absolute Gasteiger partial charge is 0.423 e. The molecule has 0 aliphatic rings. The minimum Gasteiger partial charge on any atom is -0.423 e. The molecule has 2 aromatic rings. The van der Waals surface area contributed by atoms with Gasteiger partial charge in [0.15, 0.2) is 0 Å². The van der Waals surface area contributed by atoms with E-state index in [0.717, 1.165) is 16.5 Å². The lowest BCUT2D eigenvalue weighted by molar-refractivity contribution is 0.553. The molecule has 0 radical (unpaired) electrons. The smallest absolute Gasteiger partial charge is 0.339 e. The molecule has 0 fully saturated rings. The number of fused-ring (bicyclic) bond motifs is 1. The predicted octanol–water partition coefficient (Wildman–Crippen LogP) is 2.59. The number of hydrogen-bond donors (Lipinski definition) is 0. The second kappa shape index (κ2) is 3.86. The molecule has 1 aromatic heterocycles. The Morgan fingerprint density at radius 2 is 2.06 bits per heavy atom. The standard InChI is InChI=1S/C14H12O2/c1-4-5-11-6-7-12-9(2)10(3)14(15)16-13(12)8-11/h1,6-8H,5H2,2-3H3. The van der Waals surface area contributed by atoms with Crippen molar-refractivity contribution in [1.82, 2.24) is 0 Å². The molecule has 0 bridgehead atoms. The van der Waals surface area contributed by atoms with Gasteiger partial charge in [0.05, 0.1) is 0 Å². The Morgan fingerprint density at radius 1 is 1.31 bits per heavy atom. The maximum absolute atomic E-state index is 11.5. The van der Waals surface area contributed by atoms with Crippen molar-refractivity contribution < 1.29 is 4.42 Å². The van der Waals surface area contributed by atoms with E-state index in [0.29, 0.717) is 17.6 Å². The highest BCUT2D eigenvalue weighted by molar-refractivity contribution is 5.81. The summed E-state index contributed by atoms with van der Waals surface area (Å²) >= 11 is 0. The highest BCUT2D eigenvalue weighted by Crippen LogP contribution is 2.20. The topological polar surface area (TPSA) is 30.2 Å². The van der Waals surface area contributed by atoms with Gasteiger partial charge in [0.25, 0.3) is 0 Å². The third-order valence-electron chi connectivity index (χ3n) is 2.83. The van der Waals surface area contributed by atoms with Crippen LogP contribution in [-0.2, 0) is 6.42 Å². The fourth-order valence-electron chi connectivity index (χ4n) is 1.72. The molecule has 0 saturated carbocycles. The van der Waals surface area contributed by atoms with E-state index in [-0.39, 0.29) is 5.63 Å². The molecule has 0 aliphatic heterocycles. The maximum Gasteiger partial charge on any atom is 0.339 e. The Morgan fingerprint density at radius 3 is 2.75 bits per heavy atom. The average Bonchev–Trinajstić information content (AvgIpc) is 2.26. The van der Waals surface area contributed by atoms with Crippen LogP contribution < -0.4 is 5.63 Å². The average molecular weight is 212 g/mol. The van der Waals surface area contributed by atoms with Crippen LogP contribution in [0.4, 0.5) is 0 Å². The summed E-state index contributed by atoms with van der Waals surface area (Å²) in [7, 11) is 0. The summed E-state index contributed by atoms with van der Waals surface area (Å²) in [6.07, 6.45) is 5.79. The zero-order valence-electron chi connectivity index (χ0n) is 9.33. The molecule has 2 heteroatoms. The third-order valence-corrected chi connectivity index (χ3v) is 2.83. The van der Waals surface area contributed by atoms with Crippen molar-refractivity contribution >= 4 is 11.0 Å². The van der Waals surface area contributed by atoms with Crippen molar-refractivity contribution in [3.05, 3.63) is 45.3 Å². The van der Waals surface area contributed by atoms with Gasteiger partial charge in [0.2, 0.25) is 0 Å². The molecule has 0 unspecified atom stereocenters. The number of benzene rings is 1. The van der Waals surface area contributed by atoms with Gasteiger partial charge in [0.1, 0.15) is 5.58 Å². The Bertz CT molecular complexity index is 642. The van der Waals surface area contributed by atoms with Crippen LogP contribution in [0.2, 0.25) is 0 Å². The van der Waals surface area contributed by atoms with Crippen molar-refractivity contribution in [3.63, 3.8) is 0 Å². The minimum absolute atomic E-state index is 0.275. The van der Waals surface area contributed by atoms with Crippen molar-refractivity contribution in [2.24, 2.45) is 0 Å². The van der Waals surface area contributed by atoms with Crippen molar-refractivity contribution in [1.29, 1.82) is 0 Å². The van der Waals surface area contributed by atoms with Gasteiger partial charge >= 0.3 is 5.63 Å². The van der Waals surface area contributed by atoms with E-state index in [9.17, 15) is 4.79 Å². The quantitative estimate of drug-likeness (QED) is 0.537. The molecule has 0 spiro atoms. The molecule has 0 atom stereocenters. The highest BCUT2D eigenvalue weighted by atomic mass is 16.4. The summed E-state index contributed by atoms with van der Waals surface area (Å²) in [4.78, 5) is 11.5. The zero-order valence-corrected chi connectivity index (χ0v) is 9.33. The molecule has 0 amide bonds. The van der Waals surface area contributed by atoms with Crippen LogP contribution in [0.5, 0.6) is 0 Å². The second-order valence-electron chi connectivity index (χ2n) is 3.85. The number of aryl methyl sites for hydroxylation is 1. The van der Waals surface area contributed by atoms with E-state index >= 15 is 0 Å². The molecular weight excluding hydrogens is 200 g/mol. The number of terminal acetylenes is 1. The van der Waals surface area contributed by atoms with Gasteiger partial charge < -0.3 is 4.42 Å². The van der Waals surface area contributed by atoms with Gasteiger partial charge in [-0.2, -0.15) is 0 Å². The molecule has 1 heterocycles. The van der Waals surface area contributed by atoms with Crippen LogP contribution in [0, 0.1) is 26.2 Å². The summed E-state index contributed by atoms with van der Waals surface area (Å²) < 4.78 is 5.24. The molecule has 0 aliphatic carbocycles. The minimum atomic E-state index is -0.275. The van der Waals surface area contributed by atoms with Gasteiger partial charge in [0, 0.05) is 17.4 Å². The molecule has 2 rings (SSSR count). The Balaban J connectivity index is 2.77. The summed E-state index contributed by atoms with van der Waals surface area (Å²) in [5, 5.41) is 0.970. The first-order valence-corrected chi connectivity index (χ1v) is 5.10. The monoisotopic (exact) mass is 212 g/mol. The van der Waals surface area contributed by atoms with E-state index in [1.807, 2.05) is 25.1 Å². The summed E-state index contributed by atoms with van der Waals surface area (Å²) in [6, 6.07) is 5.75. The van der Waals surface area contributed by atoms with Gasteiger partial charge in [-0.15, -0.1) is 12.3 Å². The molecule has 0 saturated heterocycles. The Kier molecular flexibility index (Phi) is 2.54. The van der Waals surface area contributed by atoms with E-state index in [4.69, 9.17) is 10.8 Å². The summed E-state index contributed by atoms with van der Waals surface area (Å²) in [5.74, 6) is 2.57. The third kappa shape index (κ3) is 1.61. The molecule has 0 N–H and O–H groups in total. The van der Waals surface area contributed by atoms with E-state index in [1.54, 1.807) is 6.92 Å². The summed E-state index contributed by atoms with van der Waals surface area (Å²) in [5.41, 5.74) is 2.96. The number of rotatable bonds is 1. The molecule has 1 aromatic carbocycles. The van der Waals surface area contributed by atoms with Crippen LogP contribution >= 0.6 is 0 Å². The van der Waals surface area contributed by atoms with Gasteiger partial charge in [-0.05, 0) is 31.0 Å². The fraction of sp³-hybridized carbons (Fsp3) is 0.214. The molecule has 2 nitrogen and oxygen atoms in total. The van der Waals surface area contributed by atoms with Crippen LogP contribution in [-0.4, -0.2) is 0 Å². The van der Waals surface area contributed by atoms with E-state index in [1.165, 1.54) is 0 Å². The summed E-state index contributed by atoms with van der Waals surface area (Å²) in [6.45, 7) is 3.70. The molecule has 80 valence electrons. The van der Waals surface area contributed by atoms with Crippen LogP contribution in [0.3, 0.4) is 0 Å². The zero-order chi connectivity index (χ0) is 11.7. The first-order valence-electron chi connectivity index (χ1n) is 5.10. The van der Waals surface area contributed by atoms with Gasteiger partial charge in [-0.1, -0.05) is 12.1 Å². The lowest BCUT2D eigenvalue weighted by atomic mass is 10.0. The van der Waals surface area contributed by atoms with Crippen molar-refractivity contribution in [3.8, 4) is 12.3 Å². The predicted molar refractivity (Wildman–Crippen MR) is 64.5 cm³/mol. The fourth-order valence-corrected chi connectivity index (χ4v) is 1.72.